The largest absolute Gasteiger partial charge is 0.497 e. The van der Waals surface area contributed by atoms with Crippen LogP contribution in [-0.4, -0.2) is 18.1 Å². The van der Waals surface area contributed by atoms with Gasteiger partial charge in [-0.1, -0.05) is 24.3 Å². The predicted molar refractivity (Wildman–Crippen MR) is 79.7 cm³/mol. The number of carbonyl (C=O) groups is 1. The van der Waals surface area contributed by atoms with Crippen LogP contribution in [0, 0.1) is 0 Å². The normalized spacial score (nSPS) is 10.3. The first kappa shape index (κ1) is 13.1. The molecule has 0 atom stereocenters. The molecule has 3 rings (SSSR count). The van der Waals surface area contributed by atoms with Crippen LogP contribution in [0.2, 0.25) is 0 Å². The highest BCUT2D eigenvalue weighted by molar-refractivity contribution is 5.92. The van der Waals surface area contributed by atoms with Gasteiger partial charge in [0.2, 0.25) is 0 Å². The number of para-hydroxylation sites is 1. The van der Waals surface area contributed by atoms with Crippen LogP contribution in [0.25, 0.3) is 10.9 Å². The molecule has 0 aliphatic heterocycles. The molecule has 21 heavy (non-hydrogen) atoms. The average Bonchev–Trinajstić information content (AvgIpc) is 2.55. The summed E-state index contributed by atoms with van der Waals surface area (Å²) in [4.78, 5) is 16.4. The molecule has 1 aromatic heterocycles. The summed E-state index contributed by atoms with van der Waals surface area (Å²) in [5.41, 5.74) is 1.05. The van der Waals surface area contributed by atoms with E-state index in [1.807, 2.05) is 30.3 Å². The lowest BCUT2D eigenvalue weighted by molar-refractivity contribution is 0.0729. The summed E-state index contributed by atoms with van der Waals surface area (Å²) in [6.45, 7) is 0. The number of methoxy groups -OCH3 is 1. The van der Waals surface area contributed by atoms with Crippen molar-refractivity contribution >= 4 is 16.9 Å². The van der Waals surface area contributed by atoms with E-state index in [1.54, 1.807) is 37.4 Å². The summed E-state index contributed by atoms with van der Waals surface area (Å²) in [5.74, 6) is 0.681. The molecule has 0 fully saturated rings. The molecule has 3 aromatic rings. The minimum absolute atomic E-state index is 0.282. The molecular formula is C17H13NO3. The van der Waals surface area contributed by atoms with Gasteiger partial charge in [0.1, 0.15) is 17.2 Å². The van der Waals surface area contributed by atoms with Gasteiger partial charge in [-0.15, -0.1) is 0 Å². The average molecular weight is 279 g/mol. The summed E-state index contributed by atoms with van der Waals surface area (Å²) >= 11 is 0. The summed E-state index contributed by atoms with van der Waals surface area (Å²) in [6.07, 6.45) is 0. The smallest absolute Gasteiger partial charge is 0.362 e. The van der Waals surface area contributed by atoms with Gasteiger partial charge < -0.3 is 9.47 Å². The van der Waals surface area contributed by atoms with Gasteiger partial charge in [0.25, 0.3) is 0 Å². The van der Waals surface area contributed by atoms with Gasteiger partial charge in [0, 0.05) is 5.39 Å². The third-order valence-electron chi connectivity index (χ3n) is 3.08. The first-order valence-corrected chi connectivity index (χ1v) is 6.48. The highest BCUT2D eigenvalue weighted by Gasteiger charge is 2.11. The molecule has 0 saturated carbocycles. The van der Waals surface area contributed by atoms with Crippen LogP contribution in [0.5, 0.6) is 11.5 Å². The number of carbonyl (C=O) groups excluding carboxylic acids is 1. The molecule has 0 radical (unpaired) electrons. The molecular weight excluding hydrogens is 266 g/mol. The van der Waals surface area contributed by atoms with Gasteiger partial charge in [-0.25, -0.2) is 9.78 Å². The lowest BCUT2D eigenvalue weighted by Gasteiger charge is -2.05. The van der Waals surface area contributed by atoms with E-state index in [0.717, 1.165) is 10.9 Å². The lowest BCUT2D eigenvalue weighted by atomic mass is 10.2. The number of pyridine rings is 1. The van der Waals surface area contributed by atoms with E-state index in [4.69, 9.17) is 9.47 Å². The number of benzene rings is 2. The maximum atomic E-state index is 12.1. The van der Waals surface area contributed by atoms with Crippen LogP contribution in [0.1, 0.15) is 10.5 Å². The third kappa shape index (κ3) is 2.84. The molecule has 0 N–H and O–H groups in total. The van der Waals surface area contributed by atoms with Gasteiger partial charge in [-0.2, -0.15) is 0 Å². The number of esters is 1. The Kier molecular flexibility index (Phi) is 3.51. The highest BCUT2D eigenvalue weighted by atomic mass is 16.5. The zero-order valence-corrected chi connectivity index (χ0v) is 11.4. The second kappa shape index (κ2) is 5.63. The Morgan fingerprint density at radius 2 is 1.62 bits per heavy atom. The van der Waals surface area contributed by atoms with Gasteiger partial charge in [-0.05, 0) is 36.4 Å². The Hall–Kier alpha value is -2.88. The van der Waals surface area contributed by atoms with Crippen LogP contribution in [-0.2, 0) is 0 Å². The van der Waals surface area contributed by atoms with Crippen LogP contribution in [0.3, 0.4) is 0 Å². The van der Waals surface area contributed by atoms with Crippen LogP contribution in [0.4, 0.5) is 0 Å². The van der Waals surface area contributed by atoms with Gasteiger partial charge in [-0.3, -0.25) is 0 Å². The molecule has 104 valence electrons. The predicted octanol–water partition coefficient (Wildman–Crippen LogP) is 3.46. The Labute approximate surface area is 122 Å². The lowest BCUT2D eigenvalue weighted by Crippen LogP contribution is -2.10. The summed E-state index contributed by atoms with van der Waals surface area (Å²) in [6, 6.07) is 18.0. The fraction of sp³-hybridized carbons (Fsp3) is 0.0588. The Bertz CT molecular complexity index is 781. The second-order valence-corrected chi connectivity index (χ2v) is 4.45. The second-order valence-electron chi connectivity index (χ2n) is 4.45. The SMILES string of the molecule is COc1ccc(OC(=O)c2ccc3ccccc3n2)cc1. The molecule has 0 unspecified atom stereocenters. The van der Waals surface area contributed by atoms with Gasteiger partial charge >= 0.3 is 5.97 Å². The van der Waals surface area contributed by atoms with E-state index in [2.05, 4.69) is 4.98 Å². The topological polar surface area (TPSA) is 48.4 Å². The Morgan fingerprint density at radius 1 is 0.905 bits per heavy atom. The first-order valence-electron chi connectivity index (χ1n) is 6.48. The quantitative estimate of drug-likeness (QED) is 0.544. The van der Waals surface area contributed by atoms with Crippen molar-refractivity contribution in [1.29, 1.82) is 0 Å². The number of hydrogen-bond donors (Lipinski definition) is 0. The molecule has 0 aliphatic rings. The third-order valence-corrected chi connectivity index (χ3v) is 3.08. The van der Waals surface area contributed by atoms with E-state index in [0.29, 0.717) is 11.5 Å². The van der Waals surface area contributed by atoms with Crippen molar-refractivity contribution in [2.75, 3.05) is 7.11 Å². The molecule has 2 aromatic carbocycles. The van der Waals surface area contributed by atoms with Crippen molar-refractivity contribution in [3.63, 3.8) is 0 Å². The first-order chi connectivity index (χ1) is 10.3. The van der Waals surface area contributed by atoms with Crippen LogP contribution in [0.15, 0.2) is 60.7 Å². The monoisotopic (exact) mass is 279 g/mol. The van der Waals surface area contributed by atoms with Crippen molar-refractivity contribution < 1.29 is 14.3 Å². The van der Waals surface area contributed by atoms with Crippen molar-refractivity contribution in [2.45, 2.75) is 0 Å². The number of ether oxygens (including phenoxy) is 2. The van der Waals surface area contributed by atoms with Crippen LogP contribution >= 0.6 is 0 Å². The summed E-state index contributed by atoms with van der Waals surface area (Å²) < 4.78 is 10.3. The van der Waals surface area contributed by atoms with E-state index in [-0.39, 0.29) is 5.69 Å². The zero-order valence-electron chi connectivity index (χ0n) is 11.4. The minimum atomic E-state index is -0.481. The summed E-state index contributed by atoms with van der Waals surface area (Å²) in [7, 11) is 1.58. The van der Waals surface area contributed by atoms with Crippen LogP contribution < -0.4 is 9.47 Å². The van der Waals surface area contributed by atoms with Crippen molar-refractivity contribution in [3.8, 4) is 11.5 Å². The fourth-order valence-electron chi connectivity index (χ4n) is 1.98. The number of aromatic nitrogens is 1. The Balaban J connectivity index is 1.82. The summed E-state index contributed by atoms with van der Waals surface area (Å²) in [5, 5.41) is 0.985. The standard InChI is InChI=1S/C17H13NO3/c1-20-13-7-9-14(10-8-13)21-17(19)16-11-6-12-4-2-3-5-15(12)18-16/h2-11H,1H3. The molecule has 4 heteroatoms. The van der Waals surface area contributed by atoms with Crippen molar-refractivity contribution in [2.24, 2.45) is 0 Å². The van der Waals surface area contributed by atoms with Crippen molar-refractivity contribution in [3.05, 3.63) is 66.4 Å². The fourth-order valence-corrected chi connectivity index (χ4v) is 1.98. The van der Waals surface area contributed by atoms with Gasteiger partial charge in [0.05, 0.1) is 12.6 Å². The van der Waals surface area contributed by atoms with E-state index >= 15 is 0 Å². The maximum Gasteiger partial charge on any atom is 0.362 e. The number of nitrogens with zero attached hydrogens (tertiary/aromatic N) is 1. The van der Waals surface area contributed by atoms with E-state index < -0.39 is 5.97 Å². The number of hydrogen-bond acceptors (Lipinski definition) is 4. The molecule has 0 amide bonds. The highest BCUT2D eigenvalue weighted by Crippen LogP contribution is 2.18. The van der Waals surface area contributed by atoms with Gasteiger partial charge in [0.15, 0.2) is 0 Å². The maximum absolute atomic E-state index is 12.1. The molecule has 0 spiro atoms. The molecule has 0 aliphatic carbocycles. The Morgan fingerprint density at radius 3 is 2.38 bits per heavy atom. The molecule has 0 bridgehead atoms. The van der Waals surface area contributed by atoms with E-state index in [9.17, 15) is 4.79 Å². The minimum Gasteiger partial charge on any atom is -0.497 e. The molecule has 1 heterocycles. The van der Waals surface area contributed by atoms with E-state index in [1.165, 1.54) is 0 Å². The number of fused-ring (bicyclic) bond motifs is 1. The molecule has 0 saturated heterocycles. The number of rotatable bonds is 3. The molecule has 4 nitrogen and oxygen atoms in total. The van der Waals surface area contributed by atoms with Crippen molar-refractivity contribution in [1.82, 2.24) is 4.98 Å². The zero-order chi connectivity index (χ0) is 14.7.